The predicted octanol–water partition coefficient (Wildman–Crippen LogP) is 2.52. The lowest BCUT2D eigenvalue weighted by Gasteiger charge is -2.28. The van der Waals surface area contributed by atoms with Crippen molar-refractivity contribution in [3.8, 4) is 0 Å². The third kappa shape index (κ3) is 6.79. The number of nitrogens with one attached hydrogen (secondary N) is 1. The van der Waals surface area contributed by atoms with Crippen molar-refractivity contribution in [3.05, 3.63) is 0 Å². The van der Waals surface area contributed by atoms with E-state index in [4.69, 9.17) is 5.73 Å². The lowest BCUT2D eigenvalue weighted by Crippen LogP contribution is -2.53. The molecule has 1 rings (SSSR count). The summed E-state index contributed by atoms with van der Waals surface area (Å²) < 4.78 is 0. The van der Waals surface area contributed by atoms with E-state index in [1.54, 1.807) is 0 Å². The molecule has 124 valence electrons. The van der Waals surface area contributed by atoms with Crippen LogP contribution in [0.3, 0.4) is 0 Å². The molecule has 1 aliphatic heterocycles. The van der Waals surface area contributed by atoms with E-state index < -0.39 is 5.54 Å². The first-order valence-electron chi connectivity index (χ1n) is 8.75. The molecular weight excluding hydrogens is 262 g/mol. The fourth-order valence-electron chi connectivity index (χ4n) is 3.06. The number of amides is 1. The first-order chi connectivity index (χ1) is 9.98. The summed E-state index contributed by atoms with van der Waals surface area (Å²) in [5.41, 5.74) is 5.02. The van der Waals surface area contributed by atoms with Gasteiger partial charge in [0.2, 0.25) is 5.91 Å². The third-order valence-electron chi connectivity index (χ3n) is 4.82. The number of likely N-dealkylation sites (tertiary alicyclic amines) is 1. The Morgan fingerprint density at radius 1 is 1.33 bits per heavy atom. The lowest BCUT2D eigenvalue weighted by atomic mass is 9.93. The molecule has 0 aliphatic carbocycles. The Balaban J connectivity index is 2.26. The molecule has 4 heteroatoms. The van der Waals surface area contributed by atoms with Crippen LogP contribution in [0, 0.1) is 5.92 Å². The van der Waals surface area contributed by atoms with Crippen LogP contribution in [0.1, 0.15) is 65.7 Å². The zero-order chi connectivity index (χ0) is 15.7. The van der Waals surface area contributed by atoms with Gasteiger partial charge >= 0.3 is 0 Å². The molecule has 2 atom stereocenters. The summed E-state index contributed by atoms with van der Waals surface area (Å²) in [6.45, 7) is 10.9. The van der Waals surface area contributed by atoms with E-state index in [1.807, 2.05) is 6.92 Å². The van der Waals surface area contributed by atoms with Gasteiger partial charge < -0.3 is 16.0 Å². The molecule has 0 aromatic heterocycles. The van der Waals surface area contributed by atoms with Crippen molar-refractivity contribution in [2.24, 2.45) is 11.7 Å². The van der Waals surface area contributed by atoms with Gasteiger partial charge in [-0.15, -0.1) is 0 Å². The monoisotopic (exact) mass is 297 g/mol. The van der Waals surface area contributed by atoms with E-state index in [0.29, 0.717) is 0 Å². The molecule has 1 amide bonds. The minimum atomic E-state index is -0.538. The van der Waals surface area contributed by atoms with Gasteiger partial charge in [0.1, 0.15) is 0 Å². The molecule has 1 heterocycles. The maximum absolute atomic E-state index is 11.7. The summed E-state index contributed by atoms with van der Waals surface area (Å²) >= 11 is 0. The number of rotatable bonds is 9. The lowest BCUT2D eigenvalue weighted by molar-refractivity contribution is -0.124. The van der Waals surface area contributed by atoms with Crippen LogP contribution < -0.4 is 11.1 Å². The van der Waals surface area contributed by atoms with Gasteiger partial charge in [-0.3, -0.25) is 4.79 Å². The summed E-state index contributed by atoms with van der Waals surface area (Å²) in [5, 5.41) is 3.31. The predicted molar refractivity (Wildman–Crippen MR) is 89.2 cm³/mol. The maximum Gasteiger partial charge on any atom is 0.237 e. The number of nitrogens with two attached hydrogens (primary N) is 1. The number of unbranched alkanes of at least 4 members (excludes halogenated alkanes) is 1. The zero-order valence-electron chi connectivity index (χ0n) is 14.3. The first kappa shape index (κ1) is 18.4. The highest BCUT2D eigenvalue weighted by atomic mass is 16.1. The molecule has 4 nitrogen and oxygen atoms in total. The summed E-state index contributed by atoms with van der Waals surface area (Å²) in [6.07, 6.45) is 8.11. The Kier molecular flexibility index (Phi) is 8.27. The minimum Gasteiger partial charge on any atom is -0.368 e. The van der Waals surface area contributed by atoms with Crippen LogP contribution in [0.25, 0.3) is 0 Å². The van der Waals surface area contributed by atoms with Crippen molar-refractivity contribution in [2.45, 2.75) is 71.3 Å². The average Bonchev–Trinajstić information content (AvgIpc) is 2.66. The van der Waals surface area contributed by atoms with E-state index in [0.717, 1.165) is 44.7 Å². The summed E-state index contributed by atoms with van der Waals surface area (Å²) in [5.74, 6) is 0.658. The standard InChI is InChI=1S/C17H35N3O/c1-4-11-19-17(3,16(18)21)10-5-6-12-20-13-7-8-15(2)9-14-20/h15,19H,4-14H2,1-3H3,(H2,18,21). The molecule has 0 aromatic carbocycles. The second-order valence-electron chi connectivity index (χ2n) is 6.96. The number of hydrogen-bond acceptors (Lipinski definition) is 3. The Hall–Kier alpha value is -0.610. The Morgan fingerprint density at radius 3 is 2.76 bits per heavy atom. The highest BCUT2D eigenvalue weighted by molar-refractivity contribution is 5.84. The van der Waals surface area contributed by atoms with Gasteiger partial charge in [-0.05, 0) is 84.0 Å². The normalized spacial score (nSPS) is 23.5. The van der Waals surface area contributed by atoms with Crippen LogP contribution in [-0.4, -0.2) is 42.5 Å². The van der Waals surface area contributed by atoms with Crippen LogP contribution >= 0.6 is 0 Å². The highest BCUT2D eigenvalue weighted by Gasteiger charge is 2.29. The van der Waals surface area contributed by atoms with Gasteiger partial charge in [-0.25, -0.2) is 0 Å². The maximum atomic E-state index is 11.7. The highest BCUT2D eigenvalue weighted by Crippen LogP contribution is 2.18. The van der Waals surface area contributed by atoms with E-state index in [2.05, 4.69) is 24.1 Å². The molecule has 2 unspecified atom stereocenters. The van der Waals surface area contributed by atoms with Crippen molar-refractivity contribution in [3.63, 3.8) is 0 Å². The average molecular weight is 297 g/mol. The van der Waals surface area contributed by atoms with Gasteiger partial charge in [0.15, 0.2) is 0 Å². The molecule has 3 N–H and O–H groups in total. The van der Waals surface area contributed by atoms with Crippen LogP contribution in [0.5, 0.6) is 0 Å². The number of hydrogen-bond donors (Lipinski definition) is 2. The molecule has 1 saturated heterocycles. The number of carbonyl (C=O) groups is 1. The van der Waals surface area contributed by atoms with Crippen LogP contribution in [0.15, 0.2) is 0 Å². The molecule has 0 saturated carbocycles. The summed E-state index contributed by atoms with van der Waals surface area (Å²) in [6, 6.07) is 0. The smallest absolute Gasteiger partial charge is 0.237 e. The van der Waals surface area contributed by atoms with Crippen molar-refractivity contribution < 1.29 is 4.79 Å². The first-order valence-corrected chi connectivity index (χ1v) is 8.75. The number of primary amides is 1. The van der Waals surface area contributed by atoms with E-state index in [9.17, 15) is 4.79 Å². The van der Waals surface area contributed by atoms with Crippen molar-refractivity contribution >= 4 is 5.91 Å². The molecule has 21 heavy (non-hydrogen) atoms. The van der Waals surface area contributed by atoms with Crippen molar-refractivity contribution in [1.82, 2.24) is 10.2 Å². The third-order valence-corrected chi connectivity index (χ3v) is 4.82. The largest absolute Gasteiger partial charge is 0.368 e. The van der Waals surface area contributed by atoms with Crippen LogP contribution in [0.2, 0.25) is 0 Å². The van der Waals surface area contributed by atoms with Gasteiger partial charge in [0.05, 0.1) is 5.54 Å². The van der Waals surface area contributed by atoms with E-state index in [-0.39, 0.29) is 5.91 Å². The topological polar surface area (TPSA) is 58.4 Å². The second-order valence-corrected chi connectivity index (χ2v) is 6.96. The molecule has 1 aliphatic rings. The van der Waals surface area contributed by atoms with Crippen molar-refractivity contribution in [2.75, 3.05) is 26.2 Å². The van der Waals surface area contributed by atoms with Crippen molar-refractivity contribution in [1.29, 1.82) is 0 Å². The fraction of sp³-hybridized carbons (Fsp3) is 0.941. The molecule has 0 radical (unpaired) electrons. The molecule has 1 fully saturated rings. The molecule has 0 spiro atoms. The SMILES string of the molecule is CCCNC(C)(CCCCN1CCCC(C)CC1)C(N)=O. The quantitative estimate of drug-likeness (QED) is 0.643. The second kappa shape index (κ2) is 9.42. The van der Waals surface area contributed by atoms with E-state index >= 15 is 0 Å². The van der Waals surface area contributed by atoms with Gasteiger partial charge in [-0.1, -0.05) is 13.8 Å². The van der Waals surface area contributed by atoms with Gasteiger partial charge in [-0.2, -0.15) is 0 Å². The zero-order valence-corrected chi connectivity index (χ0v) is 14.3. The molecule has 0 aromatic rings. The Morgan fingerprint density at radius 2 is 2.10 bits per heavy atom. The molecule has 0 bridgehead atoms. The summed E-state index contributed by atoms with van der Waals surface area (Å²) in [7, 11) is 0. The minimum absolute atomic E-state index is 0.223. The molecular formula is C17H35N3O. The summed E-state index contributed by atoms with van der Waals surface area (Å²) in [4.78, 5) is 14.2. The van der Waals surface area contributed by atoms with Crippen LogP contribution in [0.4, 0.5) is 0 Å². The Labute approximate surface area is 130 Å². The number of carbonyl (C=O) groups excluding carboxylic acids is 1. The number of nitrogens with zero attached hydrogens (tertiary/aromatic N) is 1. The van der Waals surface area contributed by atoms with E-state index in [1.165, 1.54) is 32.4 Å². The fourth-order valence-corrected chi connectivity index (χ4v) is 3.06. The van der Waals surface area contributed by atoms with Gasteiger partial charge in [0.25, 0.3) is 0 Å². The Bertz CT molecular complexity index is 308. The van der Waals surface area contributed by atoms with Gasteiger partial charge in [0, 0.05) is 0 Å². The van der Waals surface area contributed by atoms with Crippen LogP contribution in [-0.2, 0) is 4.79 Å².